The number of ether oxygens (including phenoxy) is 3. The Morgan fingerprint density at radius 2 is 1.75 bits per heavy atom. The number of hydrogen-bond donors (Lipinski definition) is 0. The van der Waals surface area contributed by atoms with E-state index < -0.39 is 0 Å². The summed E-state index contributed by atoms with van der Waals surface area (Å²) >= 11 is 0. The van der Waals surface area contributed by atoms with Gasteiger partial charge in [0.2, 0.25) is 0 Å². The number of fused-ring (bicyclic) bond motifs is 1. The second-order valence-electron chi connectivity index (χ2n) is 6.96. The zero-order chi connectivity index (χ0) is 19.3. The minimum absolute atomic E-state index is 0.234. The minimum atomic E-state index is 0.234. The molecule has 0 saturated carbocycles. The highest BCUT2D eigenvalue weighted by Gasteiger charge is 2.24. The second-order valence-corrected chi connectivity index (χ2v) is 6.96. The van der Waals surface area contributed by atoms with Gasteiger partial charge in [-0.3, -0.25) is 4.90 Å². The summed E-state index contributed by atoms with van der Waals surface area (Å²) < 4.78 is 19.0. The molecule has 4 rings (SSSR count). The molecule has 28 heavy (non-hydrogen) atoms. The predicted molar refractivity (Wildman–Crippen MR) is 109 cm³/mol. The molecular formula is C22H27N3O3. The topological polar surface area (TPSA) is 48.8 Å². The molecule has 0 radical (unpaired) electrons. The maximum atomic E-state index is 5.97. The fourth-order valence-electron chi connectivity index (χ4n) is 3.70. The molecule has 1 fully saturated rings. The van der Waals surface area contributed by atoms with Crippen LogP contribution in [0.25, 0.3) is 11.0 Å². The van der Waals surface area contributed by atoms with Crippen molar-refractivity contribution in [3.63, 3.8) is 0 Å². The quantitative estimate of drug-likeness (QED) is 0.627. The van der Waals surface area contributed by atoms with Crippen molar-refractivity contribution in [2.24, 2.45) is 0 Å². The molecule has 1 aliphatic heterocycles. The molecule has 2 aromatic carbocycles. The number of para-hydroxylation sites is 2. The van der Waals surface area contributed by atoms with Gasteiger partial charge in [-0.05, 0) is 43.3 Å². The van der Waals surface area contributed by atoms with Crippen LogP contribution in [0.2, 0.25) is 0 Å². The molecule has 6 nitrogen and oxygen atoms in total. The molecule has 1 aliphatic rings. The highest BCUT2D eigenvalue weighted by Crippen LogP contribution is 2.25. The van der Waals surface area contributed by atoms with Crippen molar-refractivity contribution in [2.45, 2.75) is 19.5 Å². The summed E-state index contributed by atoms with van der Waals surface area (Å²) in [5.74, 6) is 2.75. The Hall–Kier alpha value is -2.57. The van der Waals surface area contributed by atoms with Gasteiger partial charge >= 0.3 is 0 Å². The molecule has 1 aromatic heterocycles. The molecular weight excluding hydrogens is 354 g/mol. The highest BCUT2D eigenvalue weighted by atomic mass is 16.5. The van der Waals surface area contributed by atoms with Crippen molar-refractivity contribution in [3.8, 4) is 11.5 Å². The van der Waals surface area contributed by atoms with Crippen LogP contribution < -0.4 is 9.47 Å². The first kappa shape index (κ1) is 18.8. The molecule has 0 N–H and O–H groups in total. The Bertz CT molecular complexity index is 901. The lowest BCUT2D eigenvalue weighted by atomic mass is 10.2. The zero-order valence-corrected chi connectivity index (χ0v) is 16.5. The van der Waals surface area contributed by atoms with Crippen LogP contribution in [0.3, 0.4) is 0 Å². The van der Waals surface area contributed by atoms with E-state index in [1.807, 2.05) is 30.3 Å². The third kappa shape index (κ3) is 3.98. The van der Waals surface area contributed by atoms with E-state index >= 15 is 0 Å². The Morgan fingerprint density at radius 1 is 1.04 bits per heavy atom. The normalized spacial score (nSPS) is 16.2. The molecule has 0 spiro atoms. The Kier molecular flexibility index (Phi) is 5.78. The molecule has 0 bridgehead atoms. The molecule has 148 valence electrons. The summed E-state index contributed by atoms with van der Waals surface area (Å²) in [6, 6.07) is 16.2. The van der Waals surface area contributed by atoms with Crippen LogP contribution in [-0.2, 0) is 11.3 Å². The van der Waals surface area contributed by atoms with Crippen molar-refractivity contribution >= 4 is 11.0 Å². The third-order valence-electron chi connectivity index (χ3n) is 5.29. The number of imidazole rings is 1. The van der Waals surface area contributed by atoms with Gasteiger partial charge in [0, 0.05) is 13.1 Å². The Morgan fingerprint density at radius 3 is 2.50 bits per heavy atom. The number of aromatic nitrogens is 2. The summed E-state index contributed by atoms with van der Waals surface area (Å²) in [4.78, 5) is 7.38. The first-order chi connectivity index (χ1) is 13.8. The molecule has 0 aliphatic carbocycles. The molecule has 6 heteroatoms. The Balaban J connectivity index is 1.52. The van der Waals surface area contributed by atoms with E-state index in [0.717, 1.165) is 61.2 Å². The average molecular weight is 381 g/mol. The molecule has 1 atom stereocenters. The molecule has 3 aromatic rings. The monoisotopic (exact) mass is 381 g/mol. The lowest BCUT2D eigenvalue weighted by Crippen LogP contribution is -2.39. The maximum absolute atomic E-state index is 5.97. The number of morpholine rings is 1. The van der Waals surface area contributed by atoms with Gasteiger partial charge in [-0.2, -0.15) is 0 Å². The largest absolute Gasteiger partial charge is 0.497 e. The van der Waals surface area contributed by atoms with Gasteiger partial charge in [0.1, 0.15) is 23.9 Å². The van der Waals surface area contributed by atoms with Crippen molar-refractivity contribution in [2.75, 3.05) is 40.0 Å². The van der Waals surface area contributed by atoms with Crippen LogP contribution >= 0.6 is 0 Å². The minimum Gasteiger partial charge on any atom is -0.497 e. The van der Waals surface area contributed by atoms with Crippen molar-refractivity contribution < 1.29 is 14.2 Å². The van der Waals surface area contributed by atoms with Gasteiger partial charge in [-0.15, -0.1) is 0 Å². The molecule has 2 heterocycles. The lowest BCUT2D eigenvalue weighted by Gasteiger charge is -2.32. The van der Waals surface area contributed by atoms with Crippen LogP contribution in [0.5, 0.6) is 11.5 Å². The smallest absolute Gasteiger partial charge is 0.127 e. The van der Waals surface area contributed by atoms with E-state index in [1.54, 1.807) is 7.11 Å². The first-order valence-corrected chi connectivity index (χ1v) is 9.80. The summed E-state index contributed by atoms with van der Waals surface area (Å²) in [7, 11) is 1.66. The van der Waals surface area contributed by atoms with Gasteiger partial charge in [-0.25, -0.2) is 4.98 Å². The zero-order valence-electron chi connectivity index (χ0n) is 16.5. The van der Waals surface area contributed by atoms with E-state index in [1.165, 1.54) is 0 Å². The number of hydrogen-bond acceptors (Lipinski definition) is 5. The van der Waals surface area contributed by atoms with E-state index in [9.17, 15) is 0 Å². The summed E-state index contributed by atoms with van der Waals surface area (Å²) in [6.07, 6.45) is 0. The van der Waals surface area contributed by atoms with E-state index in [4.69, 9.17) is 19.2 Å². The second kappa shape index (κ2) is 8.63. The van der Waals surface area contributed by atoms with E-state index in [0.29, 0.717) is 6.61 Å². The van der Waals surface area contributed by atoms with Crippen LogP contribution in [0, 0.1) is 0 Å². The molecule has 1 saturated heterocycles. The maximum Gasteiger partial charge on any atom is 0.127 e. The average Bonchev–Trinajstić information content (AvgIpc) is 3.13. The first-order valence-electron chi connectivity index (χ1n) is 9.80. The fourth-order valence-corrected chi connectivity index (χ4v) is 3.70. The fraction of sp³-hybridized carbons (Fsp3) is 0.409. The van der Waals surface area contributed by atoms with Gasteiger partial charge in [0.05, 0.1) is 43.9 Å². The van der Waals surface area contributed by atoms with Crippen LogP contribution in [0.4, 0.5) is 0 Å². The van der Waals surface area contributed by atoms with Crippen LogP contribution in [0.15, 0.2) is 48.5 Å². The number of rotatable bonds is 7. The van der Waals surface area contributed by atoms with Gasteiger partial charge in [0.25, 0.3) is 0 Å². The standard InChI is InChI=1S/C22H27N3O3/c1-17(24-11-14-27-15-12-24)22-23-20-5-3-4-6-21(20)25(22)13-16-28-19-9-7-18(26-2)8-10-19/h3-10,17H,11-16H2,1-2H3/t17-/m1/s1. The van der Waals surface area contributed by atoms with Gasteiger partial charge in [0.15, 0.2) is 0 Å². The highest BCUT2D eigenvalue weighted by molar-refractivity contribution is 5.76. The van der Waals surface area contributed by atoms with E-state index in [2.05, 4.69) is 34.6 Å². The number of benzene rings is 2. The third-order valence-corrected chi connectivity index (χ3v) is 5.29. The lowest BCUT2D eigenvalue weighted by molar-refractivity contribution is 0.0175. The SMILES string of the molecule is COc1ccc(OCCn2c([C@@H](C)N3CCOCC3)nc3ccccc32)cc1. The van der Waals surface area contributed by atoms with E-state index in [-0.39, 0.29) is 6.04 Å². The summed E-state index contributed by atoms with van der Waals surface area (Å²) in [6.45, 7) is 7.00. The molecule has 0 unspecified atom stereocenters. The summed E-state index contributed by atoms with van der Waals surface area (Å²) in [5, 5.41) is 0. The van der Waals surface area contributed by atoms with Crippen LogP contribution in [-0.4, -0.2) is 54.5 Å². The van der Waals surface area contributed by atoms with Crippen LogP contribution in [0.1, 0.15) is 18.8 Å². The summed E-state index contributed by atoms with van der Waals surface area (Å²) in [5.41, 5.74) is 2.18. The van der Waals surface area contributed by atoms with Crippen molar-refractivity contribution in [1.29, 1.82) is 0 Å². The molecule has 0 amide bonds. The Labute approximate surface area is 165 Å². The van der Waals surface area contributed by atoms with Crippen molar-refractivity contribution in [3.05, 3.63) is 54.4 Å². The number of methoxy groups -OCH3 is 1. The predicted octanol–water partition coefficient (Wildman–Crippen LogP) is 3.52. The van der Waals surface area contributed by atoms with Gasteiger partial charge < -0.3 is 18.8 Å². The van der Waals surface area contributed by atoms with Gasteiger partial charge in [-0.1, -0.05) is 12.1 Å². The number of nitrogens with zero attached hydrogens (tertiary/aromatic N) is 3. The van der Waals surface area contributed by atoms with Crippen molar-refractivity contribution in [1.82, 2.24) is 14.5 Å².